The van der Waals surface area contributed by atoms with Crippen LogP contribution in [0.1, 0.15) is 13.3 Å². The number of hydrogen-bond acceptors (Lipinski definition) is 1. The molecule has 0 aliphatic rings. The summed E-state index contributed by atoms with van der Waals surface area (Å²) in [5.41, 5.74) is 0. The Labute approximate surface area is 43.1 Å². The van der Waals surface area contributed by atoms with Crippen molar-refractivity contribution in [3.63, 3.8) is 0 Å². The van der Waals surface area contributed by atoms with Gasteiger partial charge in [0.1, 0.15) is 5.76 Å². The van der Waals surface area contributed by atoms with Crippen LogP contribution in [-0.4, -0.2) is 11.7 Å². The van der Waals surface area contributed by atoms with E-state index in [4.69, 9.17) is 5.11 Å². The van der Waals surface area contributed by atoms with Crippen LogP contribution in [0.5, 0.6) is 0 Å². The van der Waals surface area contributed by atoms with Crippen LogP contribution in [-0.2, 0) is 5.11 Å². The molecule has 0 atom stereocenters. The number of aliphatic hydroxyl groups excluding tert-OH is 1. The second-order valence-corrected chi connectivity index (χ2v) is 1.33. The summed E-state index contributed by atoms with van der Waals surface area (Å²) in [6.07, 6.45) is 1.94. The van der Waals surface area contributed by atoms with Crippen LogP contribution in [0, 0.1) is 0 Å². The summed E-state index contributed by atoms with van der Waals surface area (Å²) >= 11 is 0. The molecule has 0 aromatic heterocycles. The Morgan fingerprint density at radius 3 is 2.57 bits per heavy atom. The highest BCUT2D eigenvalue weighted by Crippen LogP contribution is 1.87. The first kappa shape index (κ1) is 6.50. The zero-order valence-electron chi connectivity index (χ0n) is 4.35. The summed E-state index contributed by atoms with van der Waals surface area (Å²) in [6.45, 7) is 1.54. The Morgan fingerprint density at radius 2 is 2.43 bits per heavy atom. The van der Waals surface area contributed by atoms with E-state index in [1.165, 1.54) is 13.0 Å². The predicted octanol–water partition coefficient (Wildman–Crippen LogP) is 0.703. The quantitative estimate of drug-likeness (QED) is 0.511. The average molecular weight is 101 g/mol. The molecule has 0 aliphatic heterocycles. The first-order valence-electron chi connectivity index (χ1n) is 2.22. The van der Waals surface area contributed by atoms with Gasteiger partial charge in [-0.1, -0.05) is 0 Å². The lowest BCUT2D eigenvalue weighted by Crippen LogP contribution is -1.76. The Morgan fingerprint density at radius 1 is 1.86 bits per heavy atom. The van der Waals surface area contributed by atoms with E-state index in [1.807, 2.05) is 0 Å². The molecule has 2 heteroatoms. The number of aliphatic hydroxyl groups is 1. The third kappa shape index (κ3) is 5.50. The third-order valence-corrected chi connectivity index (χ3v) is 0.561. The Kier molecular flexibility index (Phi) is 3.42. The first-order chi connectivity index (χ1) is 3.27. The lowest BCUT2D eigenvalue weighted by Gasteiger charge is -1.80. The molecule has 2 nitrogen and oxygen atoms in total. The van der Waals surface area contributed by atoms with E-state index in [-0.39, 0.29) is 12.4 Å². The van der Waals surface area contributed by atoms with Gasteiger partial charge in [0.2, 0.25) is 0 Å². The van der Waals surface area contributed by atoms with Gasteiger partial charge in [-0.3, -0.25) is 5.11 Å². The zero-order chi connectivity index (χ0) is 5.70. The van der Waals surface area contributed by atoms with Gasteiger partial charge in [0.15, 0.2) is 0 Å². The summed E-state index contributed by atoms with van der Waals surface area (Å²) in [5, 5.41) is 18.2. The molecule has 0 fully saturated rings. The fourth-order valence-corrected chi connectivity index (χ4v) is 0.268. The van der Waals surface area contributed by atoms with Crippen molar-refractivity contribution in [2.24, 2.45) is 0 Å². The standard InChI is InChI=1S/C5H9O2/c1-5(7)3-2-4-6/h3,6H,2,4H2,1H3. The molecule has 41 valence electrons. The minimum Gasteiger partial charge on any atom is -0.396 e. The fourth-order valence-electron chi connectivity index (χ4n) is 0.268. The highest BCUT2D eigenvalue weighted by Gasteiger charge is 1.79. The van der Waals surface area contributed by atoms with Gasteiger partial charge in [-0.05, 0) is 19.4 Å². The highest BCUT2D eigenvalue weighted by atomic mass is 16.3. The van der Waals surface area contributed by atoms with Crippen LogP contribution >= 0.6 is 0 Å². The van der Waals surface area contributed by atoms with E-state index in [0.29, 0.717) is 6.42 Å². The van der Waals surface area contributed by atoms with Crippen LogP contribution in [0.2, 0.25) is 0 Å². The Balaban J connectivity index is 3.08. The van der Waals surface area contributed by atoms with Gasteiger partial charge < -0.3 is 5.11 Å². The second-order valence-electron chi connectivity index (χ2n) is 1.33. The highest BCUT2D eigenvalue weighted by molar-refractivity contribution is 4.84. The first-order valence-corrected chi connectivity index (χ1v) is 2.22. The normalized spacial score (nSPS) is 12.0. The van der Waals surface area contributed by atoms with Gasteiger partial charge in [-0.15, -0.1) is 0 Å². The molecule has 0 aliphatic carbocycles. The molecule has 1 N–H and O–H groups in total. The van der Waals surface area contributed by atoms with Gasteiger partial charge in [0.25, 0.3) is 0 Å². The van der Waals surface area contributed by atoms with E-state index >= 15 is 0 Å². The average Bonchev–Trinajstić information content (AvgIpc) is 1.61. The van der Waals surface area contributed by atoms with Crippen LogP contribution in [0.25, 0.3) is 0 Å². The van der Waals surface area contributed by atoms with E-state index in [2.05, 4.69) is 0 Å². The lowest BCUT2D eigenvalue weighted by atomic mass is 10.4. The monoisotopic (exact) mass is 101 g/mol. The van der Waals surface area contributed by atoms with Gasteiger partial charge in [0.05, 0.1) is 0 Å². The molecule has 0 saturated heterocycles. The maximum atomic E-state index is 10.0. The third-order valence-electron chi connectivity index (χ3n) is 0.561. The summed E-state index contributed by atoms with van der Waals surface area (Å²) in [6, 6.07) is 0. The minimum atomic E-state index is 0.0223. The van der Waals surface area contributed by atoms with Crippen molar-refractivity contribution in [3.8, 4) is 0 Å². The minimum absolute atomic E-state index is 0.0223. The molecule has 0 spiro atoms. The van der Waals surface area contributed by atoms with Crippen molar-refractivity contribution in [1.29, 1.82) is 0 Å². The molecule has 0 aromatic carbocycles. The van der Waals surface area contributed by atoms with E-state index in [0.717, 1.165) is 0 Å². The van der Waals surface area contributed by atoms with Crippen molar-refractivity contribution in [2.75, 3.05) is 6.61 Å². The smallest absolute Gasteiger partial charge is 0.148 e. The van der Waals surface area contributed by atoms with Crippen molar-refractivity contribution in [2.45, 2.75) is 13.3 Å². The molecule has 0 rings (SSSR count). The van der Waals surface area contributed by atoms with Crippen molar-refractivity contribution >= 4 is 0 Å². The Bertz CT molecular complexity index is 62.5. The number of rotatable bonds is 2. The molecule has 0 aromatic rings. The molecular weight excluding hydrogens is 92.1 g/mol. The van der Waals surface area contributed by atoms with Crippen LogP contribution in [0.4, 0.5) is 0 Å². The molecule has 7 heavy (non-hydrogen) atoms. The summed E-state index contributed by atoms with van der Waals surface area (Å²) in [7, 11) is 0. The molecule has 0 saturated carbocycles. The summed E-state index contributed by atoms with van der Waals surface area (Å²) < 4.78 is 0. The number of hydrogen-bond donors (Lipinski definition) is 1. The summed E-state index contributed by atoms with van der Waals surface area (Å²) in [4.78, 5) is 0. The van der Waals surface area contributed by atoms with Crippen LogP contribution < -0.4 is 0 Å². The van der Waals surface area contributed by atoms with Gasteiger partial charge in [-0.2, -0.15) is 0 Å². The van der Waals surface area contributed by atoms with E-state index in [9.17, 15) is 5.11 Å². The van der Waals surface area contributed by atoms with Crippen molar-refractivity contribution in [3.05, 3.63) is 11.8 Å². The van der Waals surface area contributed by atoms with E-state index in [1.54, 1.807) is 0 Å². The van der Waals surface area contributed by atoms with Gasteiger partial charge >= 0.3 is 0 Å². The molecule has 0 amide bonds. The molecular formula is C5H9O2. The maximum Gasteiger partial charge on any atom is 0.148 e. The SMILES string of the molecule is CC([O])=CCCO. The van der Waals surface area contributed by atoms with Crippen molar-refractivity contribution in [1.82, 2.24) is 0 Å². The molecule has 0 bridgehead atoms. The molecule has 0 heterocycles. The van der Waals surface area contributed by atoms with Gasteiger partial charge in [-0.25, -0.2) is 0 Å². The van der Waals surface area contributed by atoms with Crippen LogP contribution in [0.3, 0.4) is 0 Å². The fraction of sp³-hybridized carbons (Fsp3) is 0.600. The Hall–Kier alpha value is -0.500. The van der Waals surface area contributed by atoms with Gasteiger partial charge in [0, 0.05) is 6.61 Å². The molecule has 1 radical (unpaired) electrons. The molecule has 0 unspecified atom stereocenters. The largest absolute Gasteiger partial charge is 0.396 e. The topological polar surface area (TPSA) is 40.1 Å². The van der Waals surface area contributed by atoms with Crippen LogP contribution in [0.15, 0.2) is 11.8 Å². The zero-order valence-corrected chi connectivity index (χ0v) is 4.35. The van der Waals surface area contributed by atoms with Crippen molar-refractivity contribution < 1.29 is 10.2 Å². The predicted molar refractivity (Wildman–Crippen MR) is 26.1 cm³/mol. The van der Waals surface area contributed by atoms with E-state index < -0.39 is 0 Å². The maximum absolute atomic E-state index is 10.0. The summed E-state index contributed by atoms with van der Waals surface area (Å²) in [5.74, 6) is 0.0223. The lowest BCUT2D eigenvalue weighted by molar-refractivity contribution is 0.282. The second kappa shape index (κ2) is 3.68. The number of allylic oxidation sites excluding steroid dienone is 1.